The van der Waals surface area contributed by atoms with Crippen molar-refractivity contribution in [1.29, 1.82) is 0 Å². The van der Waals surface area contributed by atoms with Gasteiger partial charge in [0.15, 0.2) is 0 Å². The molecule has 1 aromatic carbocycles. The van der Waals surface area contributed by atoms with E-state index in [2.05, 4.69) is 24.0 Å². The predicted molar refractivity (Wildman–Crippen MR) is 82.7 cm³/mol. The Balaban J connectivity index is 2.59. The minimum Gasteiger partial charge on any atom is -0.324 e. The molecule has 0 saturated carbocycles. The second kappa shape index (κ2) is 7.61. The Morgan fingerprint density at radius 2 is 1.70 bits per heavy atom. The summed E-state index contributed by atoms with van der Waals surface area (Å²) in [7, 11) is -3.45. The standard InChI is InChI=1S/C14H25N3O2S/c1-11(2)5-4-6-12(3)17-20(18,19)14-9-7-13(16-15)8-10-14/h7-12,16-17H,4-6,15H2,1-3H3. The maximum absolute atomic E-state index is 12.2. The highest BCUT2D eigenvalue weighted by molar-refractivity contribution is 7.89. The van der Waals surface area contributed by atoms with Crippen LogP contribution in [0.1, 0.15) is 40.0 Å². The van der Waals surface area contributed by atoms with E-state index in [1.807, 2.05) is 6.92 Å². The largest absolute Gasteiger partial charge is 0.324 e. The van der Waals surface area contributed by atoms with E-state index in [1.165, 1.54) is 0 Å². The van der Waals surface area contributed by atoms with Crippen molar-refractivity contribution in [3.63, 3.8) is 0 Å². The van der Waals surface area contributed by atoms with E-state index in [-0.39, 0.29) is 10.9 Å². The number of hydrogen-bond donors (Lipinski definition) is 3. The molecule has 114 valence electrons. The van der Waals surface area contributed by atoms with Crippen LogP contribution in [0, 0.1) is 5.92 Å². The average molecular weight is 299 g/mol. The summed E-state index contributed by atoms with van der Waals surface area (Å²) in [4.78, 5) is 0.257. The van der Waals surface area contributed by atoms with Gasteiger partial charge in [0.2, 0.25) is 10.0 Å². The van der Waals surface area contributed by atoms with Crippen LogP contribution < -0.4 is 16.0 Å². The average Bonchev–Trinajstić information content (AvgIpc) is 2.37. The molecule has 1 rings (SSSR count). The van der Waals surface area contributed by atoms with Crippen LogP contribution >= 0.6 is 0 Å². The monoisotopic (exact) mass is 299 g/mol. The van der Waals surface area contributed by atoms with Crippen LogP contribution in [-0.4, -0.2) is 14.5 Å². The van der Waals surface area contributed by atoms with Gasteiger partial charge in [-0.25, -0.2) is 13.1 Å². The zero-order valence-corrected chi connectivity index (χ0v) is 13.2. The highest BCUT2D eigenvalue weighted by Gasteiger charge is 2.17. The van der Waals surface area contributed by atoms with Gasteiger partial charge in [0.05, 0.1) is 4.90 Å². The Hall–Kier alpha value is -1.11. The number of nitrogens with one attached hydrogen (secondary N) is 2. The molecule has 0 heterocycles. The van der Waals surface area contributed by atoms with E-state index >= 15 is 0 Å². The van der Waals surface area contributed by atoms with Crippen molar-refractivity contribution in [3.05, 3.63) is 24.3 Å². The van der Waals surface area contributed by atoms with Gasteiger partial charge in [-0.15, -0.1) is 0 Å². The van der Waals surface area contributed by atoms with Crippen LogP contribution in [-0.2, 0) is 10.0 Å². The number of hydrogen-bond acceptors (Lipinski definition) is 4. The first-order chi connectivity index (χ1) is 9.35. The molecule has 5 nitrogen and oxygen atoms in total. The highest BCUT2D eigenvalue weighted by atomic mass is 32.2. The lowest BCUT2D eigenvalue weighted by atomic mass is 10.0. The summed E-state index contributed by atoms with van der Waals surface area (Å²) in [5.41, 5.74) is 3.14. The molecule has 1 aromatic rings. The van der Waals surface area contributed by atoms with Gasteiger partial charge in [0, 0.05) is 11.7 Å². The fourth-order valence-corrected chi connectivity index (χ4v) is 3.23. The number of nitrogen functional groups attached to an aromatic ring is 1. The molecule has 4 N–H and O–H groups in total. The fourth-order valence-electron chi connectivity index (χ4n) is 1.95. The summed E-state index contributed by atoms with van der Waals surface area (Å²) in [5, 5.41) is 0. The van der Waals surface area contributed by atoms with Crippen molar-refractivity contribution in [2.75, 3.05) is 5.43 Å². The van der Waals surface area contributed by atoms with Crippen molar-refractivity contribution in [2.24, 2.45) is 11.8 Å². The minimum absolute atomic E-state index is 0.0638. The normalized spacial score (nSPS) is 13.4. The molecule has 0 bridgehead atoms. The molecule has 0 aromatic heterocycles. The van der Waals surface area contributed by atoms with E-state index in [4.69, 9.17) is 5.84 Å². The molecule has 0 saturated heterocycles. The first kappa shape index (κ1) is 16.9. The van der Waals surface area contributed by atoms with Crippen molar-refractivity contribution in [1.82, 2.24) is 4.72 Å². The summed E-state index contributed by atoms with van der Waals surface area (Å²) in [6.45, 7) is 6.23. The minimum atomic E-state index is -3.45. The topological polar surface area (TPSA) is 84.2 Å². The summed E-state index contributed by atoms with van der Waals surface area (Å²) in [6, 6.07) is 6.29. The van der Waals surface area contributed by atoms with Gasteiger partial charge < -0.3 is 5.43 Å². The third-order valence-electron chi connectivity index (χ3n) is 3.11. The van der Waals surface area contributed by atoms with Gasteiger partial charge in [-0.1, -0.05) is 26.7 Å². The summed E-state index contributed by atoms with van der Waals surface area (Å²) in [6.07, 6.45) is 2.99. The highest BCUT2D eigenvalue weighted by Crippen LogP contribution is 2.15. The van der Waals surface area contributed by atoms with Crippen LogP contribution in [0.15, 0.2) is 29.2 Å². The molecule has 6 heteroatoms. The molecule has 0 radical (unpaired) electrons. The van der Waals surface area contributed by atoms with E-state index in [9.17, 15) is 8.42 Å². The second-order valence-corrected chi connectivity index (χ2v) is 7.23. The molecule has 1 unspecified atom stereocenters. The van der Waals surface area contributed by atoms with Crippen molar-refractivity contribution in [3.8, 4) is 0 Å². The molecule has 0 aliphatic heterocycles. The van der Waals surface area contributed by atoms with Crippen molar-refractivity contribution in [2.45, 2.75) is 51.0 Å². The van der Waals surface area contributed by atoms with Crippen LogP contribution in [0.4, 0.5) is 5.69 Å². The number of hydrazine groups is 1. The van der Waals surface area contributed by atoms with Gasteiger partial charge in [-0.05, 0) is 43.5 Å². The fraction of sp³-hybridized carbons (Fsp3) is 0.571. The van der Waals surface area contributed by atoms with Gasteiger partial charge >= 0.3 is 0 Å². The van der Waals surface area contributed by atoms with E-state index in [1.54, 1.807) is 24.3 Å². The summed E-state index contributed by atoms with van der Waals surface area (Å²) in [5.74, 6) is 5.90. The molecule has 0 fully saturated rings. The molecule has 0 aliphatic carbocycles. The van der Waals surface area contributed by atoms with Crippen LogP contribution in [0.3, 0.4) is 0 Å². The van der Waals surface area contributed by atoms with Gasteiger partial charge in [0.1, 0.15) is 0 Å². The van der Waals surface area contributed by atoms with E-state index in [0.29, 0.717) is 11.6 Å². The summed E-state index contributed by atoms with van der Waals surface area (Å²) < 4.78 is 27.1. The SMILES string of the molecule is CC(C)CCCC(C)NS(=O)(=O)c1ccc(NN)cc1. The molecular formula is C14H25N3O2S. The quantitative estimate of drug-likeness (QED) is 0.508. The lowest BCUT2D eigenvalue weighted by Gasteiger charge is -2.15. The maximum Gasteiger partial charge on any atom is 0.240 e. The Bertz CT molecular complexity index is 498. The number of benzene rings is 1. The van der Waals surface area contributed by atoms with E-state index < -0.39 is 10.0 Å². The van der Waals surface area contributed by atoms with Gasteiger partial charge in [-0.3, -0.25) is 5.84 Å². The molecular weight excluding hydrogens is 274 g/mol. The third kappa shape index (κ3) is 5.48. The predicted octanol–water partition coefficient (Wildman–Crippen LogP) is 2.47. The number of nitrogens with two attached hydrogens (primary N) is 1. The Morgan fingerprint density at radius 1 is 1.10 bits per heavy atom. The van der Waals surface area contributed by atoms with Crippen LogP contribution in [0.2, 0.25) is 0 Å². The summed E-state index contributed by atoms with van der Waals surface area (Å²) >= 11 is 0. The molecule has 20 heavy (non-hydrogen) atoms. The number of rotatable bonds is 8. The zero-order valence-electron chi connectivity index (χ0n) is 12.4. The molecule has 0 aliphatic rings. The lowest BCUT2D eigenvalue weighted by Crippen LogP contribution is -2.32. The Labute approximate surface area is 122 Å². The van der Waals surface area contributed by atoms with Crippen molar-refractivity contribution >= 4 is 15.7 Å². The molecule has 0 amide bonds. The van der Waals surface area contributed by atoms with Crippen LogP contribution in [0.5, 0.6) is 0 Å². The number of anilines is 1. The number of sulfonamides is 1. The van der Waals surface area contributed by atoms with Gasteiger partial charge in [-0.2, -0.15) is 0 Å². The Morgan fingerprint density at radius 3 is 2.20 bits per heavy atom. The smallest absolute Gasteiger partial charge is 0.240 e. The van der Waals surface area contributed by atoms with Crippen molar-refractivity contribution < 1.29 is 8.42 Å². The molecule has 1 atom stereocenters. The van der Waals surface area contributed by atoms with E-state index in [0.717, 1.165) is 19.3 Å². The maximum atomic E-state index is 12.2. The second-order valence-electron chi connectivity index (χ2n) is 5.52. The zero-order chi connectivity index (χ0) is 15.2. The third-order valence-corrected chi connectivity index (χ3v) is 4.71. The first-order valence-corrected chi connectivity index (χ1v) is 8.42. The van der Waals surface area contributed by atoms with Gasteiger partial charge in [0.25, 0.3) is 0 Å². The Kier molecular flexibility index (Phi) is 6.45. The lowest BCUT2D eigenvalue weighted by molar-refractivity contribution is 0.488. The van der Waals surface area contributed by atoms with Crippen LogP contribution in [0.25, 0.3) is 0 Å². The molecule has 0 spiro atoms. The first-order valence-electron chi connectivity index (χ1n) is 6.94.